The van der Waals surface area contributed by atoms with Crippen LogP contribution in [0.2, 0.25) is 0 Å². The Morgan fingerprint density at radius 1 is 1.00 bits per heavy atom. The predicted molar refractivity (Wildman–Crippen MR) is 123 cm³/mol. The van der Waals surface area contributed by atoms with Crippen LogP contribution in [0.3, 0.4) is 0 Å². The van der Waals surface area contributed by atoms with Gasteiger partial charge in [-0.2, -0.15) is 0 Å². The second-order valence-corrected chi connectivity index (χ2v) is 9.44. The zero-order valence-corrected chi connectivity index (χ0v) is 19.2. The van der Waals surface area contributed by atoms with Gasteiger partial charge in [-0.25, -0.2) is 0 Å². The van der Waals surface area contributed by atoms with Crippen LogP contribution in [0.1, 0.15) is 70.6 Å². The van der Waals surface area contributed by atoms with E-state index in [1.807, 2.05) is 30.3 Å². The fraction of sp³-hybridized carbons (Fsp3) is 0.500. The third-order valence-electron chi connectivity index (χ3n) is 5.90. The largest absolute Gasteiger partial charge is 0.508 e. The molecule has 0 aliphatic carbocycles. The second-order valence-electron chi connectivity index (χ2n) is 9.44. The third kappa shape index (κ3) is 6.09. The minimum Gasteiger partial charge on any atom is -0.508 e. The molecule has 2 rings (SSSR count). The van der Waals surface area contributed by atoms with Gasteiger partial charge in [-0.1, -0.05) is 42.5 Å². The van der Waals surface area contributed by atoms with Crippen molar-refractivity contribution in [3.8, 4) is 5.75 Å². The number of phenols is 1. The van der Waals surface area contributed by atoms with Gasteiger partial charge in [0.25, 0.3) is 0 Å². The van der Waals surface area contributed by atoms with Gasteiger partial charge in [-0.05, 0) is 78.1 Å². The first kappa shape index (κ1) is 23.9. The minimum absolute atomic E-state index is 0.0408. The number of hydrogen-bond acceptors (Lipinski definition) is 3. The second kappa shape index (κ2) is 10.1. The number of carbonyl (C=O) groups is 1. The molecule has 0 fully saturated rings. The normalized spacial score (nSPS) is 13.2. The summed E-state index contributed by atoms with van der Waals surface area (Å²) in [7, 11) is 0. The highest BCUT2D eigenvalue weighted by atomic mass is 16.4. The summed E-state index contributed by atoms with van der Waals surface area (Å²) >= 11 is 0. The first-order valence-corrected chi connectivity index (χ1v) is 10.9. The summed E-state index contributed by atoms with van der Waals surface area (Å²) in [6.45, 7) is 13.2. The fourth-order valence-corrected chi connectivity index (χ4v) is 4.16. The van der Waals surface area contributed by atoms with Gasteiger partial charge < -0.3 is 10.2 Å². The van der Waals surface area contributed by atoms with Crippen LogP contribution in [0.15, 0.2) is 48.5 Å². The van der Waals surface area contributed by atoms with E-state index < -0.39 is 11.4 Å². The SMILES string of the molecule is CC(C)N(CCC(c1ccccc1)c1cc(CC(C)(C)C(=O)O)ccc1O)C(C)C. The molecule has 164 valence electrons. The van der Waals surface area contributed by atoms with Crippen LogP contribution < -0.4 is 0 Å². The Bertz CT molecular complexity index is 819. The third-order valence-corrected chi connectivity index (χ3v) is 5.90. The van der Waals surface area contributed by atoms with Gasteiger partial charge >= 0.3 is 5.97 Å². The van der Waals surface area contributed by atoms with E-state index in [1.54, 1.807) is 19.9 Å². The van der Waals surface area contributed by atoms with E-state index in [1.165, 1.54) is 0 Å². The molecule has 2 aromatic carbocycles. The first-order valence-electron chi connectivity index (χ1n) is 10.9. The number of rotatable bonds is 10. The standard InChI is InChI=1S/C26H37NO3/c1-18(2)27(19(3)4)15-14-22(21-10-8-7-9-11-21)23-16-20(12-13-24(23)28)17-26(5,6)25(29)30/h7-13,16,18-19,22,28H,14-15,17H2,1-6H3,(H,29,30). The number of carboxylic acid groups (broad SMARTS) is 1. The topological polar surface area (TPSA) is 60.8 Å². The van der Waals surface area contributed by atoms with Crippen LogP contribution in [0.4, 0.5) is 0 Å². The average molecular weight is 412 g/mol. The lowest BCUT2D eigenvalue weighted by Crippen LogP contribution is -2.38. The number of aromatic hydroxyl groups is 1. The van der Waals surface area contributed by atoms with Crippen LogP contribution in [-0.4, -0.2) is 39.7 Å². The van der Waals surface area contributed by atoms with E-state index in [9.17, 15) is 15.0 Å². The number of hydrogen-bond donors (Lipinski definition) is 2. The van der Waals surface area contributed by atoms with Gasteiger partial charge in [0.1, 0.15) is 5.75 Å². The Balaban J connectivity index is 2.41. The molecular formula is C26H37NO3. The molecule has 4 nitrogen and oxygen atoms in total. The zero-order chi connectivity index (χ0) is 22.5. The Labute approximate surface area is 181 Å². The lowest BCUT2D eigenvalue weighted by atomic mass is 9.82. The summed E-state index contributed by atoms with van der Waals surface area (Å²) in [6.07, 6.45) is 1.29. The molecule has 1 unspecified atom stereocenters. The van der Waals surface area contributed by atoms with Crippen molar-refractivity contribution in [1.82, 2.24) is 4.90 Å². The molecule has 0 aliphatic heterocycles. The van der Waals surface area contributed by atoms with E-state index in [0.717, 1.165) is 29.7 Å². The van der Waals surface area contributed by atoms with E-state index in [0.29, 0.717) is 18.5 Å². The van der Waals surface area contributed by atoms with Gasteiger partial charge in [0.2, 0.25) is 0 Å². The molecule has 0 saturated carbocycles. The first-order chi connectivity index (χ1) is 14.0. The van der Waals surface area contributed by atoms with Gasteiger partial charge in [-0.15, -0.1) is 0 Å². The number of carboxylic acids is 1. The minimum atomic E-state index is -0.859. The smallest absolute Gasteiger partial charge is 0.309 e. The van der Waals surface area contributed by atoms with Gasteiger partial charge in [-0.3, -0.25) is 9.69 Å². The molecule has 30 heavy (non-hydrogen) atoms. The van der Waals surface area contributed by atoms with Crippen molar-refractivity contribution in [3.05, 3.63) is 65.2 Å². The van der Waals surface area contributed by atoms with Gasteiger partial charge in [0.05, 0.1) is 5.41 Å². The van der Waals surface area contributed by atoms with Crippen LogP contribution in [0, 0.1) is 5.41 Å². The van der Waals surface area contributed by atoms with E-state index in [4.69, 9.17) is 0 Å². The van der Waals surface area contributed by atoms with Crippen molar-refractivity contribution in [1.29, 1.82) is 0 Å². The maximum absolute atomic E-state index is 11.6. The Morgan fingerprint density at radius 2 is 1.60 bits per heavy atom. The van der Waals surface area contributed by atoms with Crippen LogP contribution >= 0.6 is 0 Å². The Hall–Kier alpha value is -2.33. The fourth-order valence-electron chi connectivity index (χ4n) is 4.16. The lowest BCUT2D eigenvalue weighted by molar-refractivity contribution is -0.146. The van der Waals surface area contributed by atoms with Crippen molar-refractivity contribution < 1.29 is 15.0 Å². The van der Waals surface area contributed by atoms with Crippen molar-refractivity contribution in [2.24, 2.45) is 5.41 Å². The molecule has 0 saturated heterocycles. The molecule has 0 amide bonds. The quantitative estimate of drug-likeness (QED) is 0.527. The molecule has 4 heteroatoms. The number of aliphatic carboxylic acids is 1. The molecule has 1 atom stereocenters. The molecule has 2 N–H and O–H groups in total. The maximum atomic E-state index is 11.6. The molecular weight excluding hydrogens is 374 g/mol. The molecule has 2 aromatic rings. The molecule has 0 heterocycles. The van der Waals surface area contributed by atoms with Crippen LogP contribution in [0.25, 0.3) is 0 Å². The van der Waals surface area contributed by atoms with Crippen LogP contribution in [0.5, 0.6) is 5.75 Å². The summed E-state index contributed by atoms with van der Waals surface area (Å²) in [4.78, 5) is 14.0. The Morgan fingerprint density at radius 3 is 2.13 bits per heavy atom. The summed E-state index contributed by atoms with van der Waals surface area (Å²) < 4.78 is 0. The molecule has 0 bridgehead atoms. The zero-order valence-electron chi connectivity index (χ0n) is 19.2. The number of benzene rings is 2. The van der Waals surface area contributed by atoms with E-state index >= 15 is 0 Å². The molecule has 0 spiro atoms. The van der Waals surface area contributed by atoms with E-state index in [-0.39, 0.29) is 11.7 Å². The summed E-state index contributed by atoms with van der Waals surface area (Å²) in [6, 6.07) is 16.7. The van der Waals surface area contributed by atoms with Crippen molar-refractivity contribution in [2.45, 2.75) is 72.4 Å². The van der Waals surface area contributed by atoms with Gasteiger partial charge in [0, 0.05) is 23.6 Å². The lowest BCUT2D eigenvalue weighted by Gasteiger charge is -2.32. The predicted octanol–water partition coefficient (Wildman–Crippen LogP) is 5.69. The monoisotopic (exact) mass is 411 g/mol. The Kier molecular flexibility index (Phi) is 8.08. The molecule has 0 radical (unpaired) electrons. The van der Waals surface area contributed by atoms with Gasteiger partial charge in [0.15, 0.2) is 0 Å². The van der Waals surface area contributed by atoms with Crippen molar-refractivity contribution in [2.75, 3.05) is 6.54 Å². The highest BCUT2D eigenvalue weighted by Crippen LogP contribution is 2.36. The van der Waals surface area contributed by atoms with Crippen molar-refractivity contribution >= 4 is 5.97 Å². The van der Waals surface area contributed by atoms with E-state index in [2.05, 4.69) is 44.7 Å². The number of phenolic OH excluding ortho intramolecular Hbond substituents is 1. The summed E-state index contributed by atoms with van der Waals surface area (Å²) in [5, 5.41) is 20.2. The molecule has 0 aliphatic rings. The highest BCUT2D eigenvalue weighted by Gasteiger charge is 2.28. The summed E-state index contributed by atoms with van der Waals surface area (Å²) in [5.74, 6) is -0.512. The summed E-state index contributed by atoms with van der Waals surface area (Å²) in [5.41, 5.74) is 2.10. The van der Waals surface area contributed by atoms with Crippen LogP contribution in [-0.2, 0) is 11.2 Å². The molecule has 0 aromatic heterocycles. The maximum Gasteiger partial charge on any atom is 0.309 e. The number of nitrogens with zero attached hydrogens (tertiary/aromatic N) is 1. The average Bonchev–Trinajstić information content (AvgIpc) is 2.67. The highest BCUT2D eigenvalue weighted by molar-refractivity contribution is 5.74. The van der Waals surface area contributed by atoms with Crippen molar-refractivity contribution in [3.63, 3.8) is 0 Å².